The Labute approximate surface area is 51.9 Å². The maximum Gasteiger partial charge on any atom is 0.270 e. The molecule has 3 N–H and O–H groups in total. The molecule has 0 spiro atoms. The molecule has 0 aliphatic carbocycles. The molecule has 4 nitrogen and oxygen atoms in total. The van der Waals surface area contributed by atoms with E-state index in [1.807, 2.05) is 0 Å². The molecule has 0 atom stereocenters. The van der Waals surface area contributed by atoms with E-state index in [-0.39, 0.29) is 0 Å². The molecule has 0 aliphatic heterocycles. The van der Waals surface area contributed by atoms with Crippen LogP contribution in [-0.2, 0) is 9.59 Å². The lowest BCUT2D eigenvalue weighted by atomic mass is 10.2. The predicted molar refractivity (Wildman–Crippen MR) is 32.1 cm³/mol. The summed E-state index contributed by atoms with van der Waals surface area (Å²) in [6, 6.07) is 0. The Morgan fingerprint density at radius 1 is 1.56 bits per heavy atom. The van der Waals surface area contributed by atoms with Gasteiger partial charge in [0.05, 0.1) is 0 Å². The van der Waals surface area contributed by atoms with E-state index in [1.54, 1.807) is 0 Å². The van der Waals surface area contributed by atoms with Crippen LogP contribution < -0.4 is 5.73 Å². The maximum atomic E-state index is 10.3. The number of ketones is 1. The topological polar surface area (TPSA) is 84.0 Å². The van der Waals surface area contributed by atoms with Crippen LogP contribution in [0.2, 0.25) is 0 Å². The smallest absolute Gasteiger partial charge is 0.270 e. The third kappa shape index (κ3) is 1.85. The molecule has 0 fully saturated rings. The van der Waals surface area contributed by atoms with Crippen molar-refractivity contribution in [1.29, 1.82) is 5.41 Å². The third-order valence-corrected chi connectivity index (χ3v) is 0.678. The normalized spacial score (nSPS) is 8.00. The Balaban J connectivity index is 4.22. The molecular formula is C5H6N2O2. The first-order valence-corrected chi connectivity index (χ1v) is 2.14. The van der Waals surface area contributed by atoms with Gasteiger partial charge in [-0.2, -0.15) is 0 Å². The van der Waals surface area contributed by atoms with Gasteiger partial charge >= 0.3 is 0 Å². The first-order valence-electron chi connectivity index (χ1n) is 2.14. The minimum atomic E-state index is -1.03. The number of nitrogens with one attached hydrogen (secondary N) is 1. The zero-order valence-corrected chi connectivity index (χ0v) is 4.68. The molecule has 0 aromatic rings. The van der Waals surface area contributed by atoms with Crippen molar-refractivity contribution in [2.75, 3.05) is 0 Å². The van der Waals surface area contributed by atoms with Gasteiger partial charge < -0.3 is 5.73 Å². The fourth-order valence-corrected chi connectivity index (χ4v) is 0.223. The molecular weight excluding hydrogens is 120 g/mol. The lowest BCUT2D eigenvalue weighted by Gasteiger charge is -1.88. The minimum absolute atomic E-state index is 0.731. The SMILES string of the molecule is C=CC(=O)C(=N)C(N)=O. The Bertz CT molecular complexity index is 183. The molecule has 0 aromatic carbocycles. The van der Waals surface area contributed by atoms with E-state index in [4.69, 9.17) is 5.41 Å². The number of amides is 1. The Kier molecular flexibility index (Phi) is 2.32. The number of rotatable bonds is 3. The molecule has 1 amide bonds. The van der Waals surface area contributed by atoms with Crippen LogP contribution in [0.5, 0.6) is 0 Å². The summed E-state index contributed by atoms with van der Waals surface area (Å²) < 4.78 is 0. The molecule has 0 heterocycles. The zero-order valence-electron chi connectivity index (χ0n) is 4.68. The number of primary amides is 1. The van der Waals surface area contributed by atoms with Crippen LogP contribution in [0.1, 0.15) is 0 Å². The molecule has 0 radical (unpaired) electrons. The summed E-state index contributed by atoms with van der Waals surface area (Å²) in [6.07, 6.45) is 0.868. The summed E-state index contributed by atoms with van der Waals surface area (Å²) in [7, 11) is 0. The van der Waals surface area contributed by atoms with Crippen LogP contribution in [0.15, 0.2) is 12.7 Å². The lowest BCUT2D eigenvalue weighted by molar-refractivity contribution is -0.114. The van der Waals surface area contributed by atoms with E-state index in [0.717, 1.165) is 6.08 Å². The summed E-state index contributed by atoms with van der Waals surface area (Å²) in [5, 5.41) is 6.65. The molecule has 0 aliphatic rings. The quantitative estimate of drug-likeness (QED) is 0.296. The number of hydrogen-bond acceptors (Lipinski definition) is 3. The van der Waals surface area contributed by atoms with Crippen molar-refractivity contribution < 1.29 is 9.59 Å². The summed E-state index contributed by atoms with van der Waals surface area (Å²) in [5.74, 6) is -1.78. The van der Waals surface area contributed by atoms with Crippen molar-refractivity contribution in [2.24, 2.45) is 5.73 Å². The predicted octanol–water partition coefficient (Wildman–Crippen LogP) is -0.753. The summed E-state index contributed by atoms with van der Waals surface area (Å²) >= 11 is 0. The van der Waals surface area contributed by atoms with Crippen molar-refractivity contribution in [3.63, 3.8) is 0 Å². The minimum Gasteiger partial charge on any atom is -0.364 e. The van der Waals surface area contributed by atoms with Gasteiger partial charge in [0.1, 0.15) is 0 Å². The van der Waals surface area contributed by atoms with Gasteiger partial charge in [0.15, 0.2) is 5.71 Å². The van der Waals surface area contributed by atoms with Crippen molar-refractivity contribution in [3.8, 4) is 0 Å². The van der Waals surface area contributed by atoms with E-state index in [2.05, 4.69) is 12.3 Å². The average molecular weight is 126 g/mol. The van der Waals surface area contributed by atoms with Crippen molar-refractivity contribution >= 4 is 17.4 Å². The fourth-order valence-electron chi connectivity index (χ4n) is 0.223. The van der Waals surface area contributed by atoms with Crippen molar-refractivity contribution in [1.82, 2.24) is 0 Å². The summed E-state index contributed by atoms with van der Waals surface area (Å²) in [6.45, 7) is 3.07. The molecule has 0 bridgehead atoms. The number of nitrogens with two attached hydrogens (primary N) is 1. The van der Waals surface area contributed by atoms with Crippen molar-refractivity contribution in [2.45, 2.75) is 0 Å². The van der Waals surface area contributed by atoms with Gasteiger partial charge in [-0.15, -0.1) is 0 Å². The molecule has 0 rings (SSSR count). The van der Waals surface area contributed by atoms with E-state index in [1.165, 1.54) is 0 Å². The van der Waals surface area contributed by atoms with E-state index in [9.17, 15) is 9.59 Å². The summed E-state index contributed by atoms with van der Waals surface area (Å²) in [5.41, 5.74) is 3.85. The van der Waals surface area contributed by atoms with Crippen LogP contribution >= 0.6 is 0 Å². The Morgan fingerprint density at radius 3 is 2.11 bits per heavy atom. The van der Waals surface area contributed by atoms with E-state index in [0.29, 0.717) is 0 Å². The molecule has 0 saturated heterocycles. The standard InChI is InChI=1S/C5H6N2O2/c1-2-3(8)4(6)5(7)9/h2,6H,1H2,(H2,7,9). The molecule has 0 saturated carbocycles. The van der Waals surface area contributed by atoms with Gasteiger partial charge in [-0.3, -0.25) is 15.0 Å². The van der Waals surface area contributed by atoms with Gasteiger partial charge in [-0.05, 0) is 6.08 Å². The van der Waals surface area contributed by atoms with Crippen LogP contribution in [0.4, 0.5) is 0 Å². The van der Waals surface area contributed by atoms with Gasteiger partial charge in [0, 0.05) is 0 Å². The van der Waals surface area contributed by atoms with Crippen molar-refractivity contribution in [3.05, 3.63) is 12.7 Å². The Morgan fingerprint density at radius 2 is 2.00 bits per heavy atom. The first kappa shape index (κ1) is 7.55. The lowest BCUT2D eigenvalue weighted by Crippen LogP contribution is -2.28. The maximum absolute atomic E-state index is 10.3. The molecule has 4 heteroatoms. The fraction of sp³-hybridized carbons (Fsp3) is 0. The third-order valence-electron chi connectivity index (χ3n) is 0.678. The van der Waals surface area contributed by atoms with E-state index >= 15 is 0 Å². The van der Waals surface area contributed by atoms with Gasteiger partial charge in [-0.1, -0.05) is 6.58 Å². The number of carbonyl (C=O) groups excluding carboxylic acids is 2. The second-order valence-corrected chi connectivity index (χ2v) is 1.31. The van der Waals surface area contributed by atoms with Crippen LogP contribution in [0.3, 0.4) is 0 Å². The molecule has 48 valence electrons. The molecule has 0 aromatic heterocycles. The largest absolute Gasteiger partial charge is 0.364 e. The van der Waals surface area contributed by atoms with E-state index < -0.39 is 17.4 Å². The van der Waals surface area contributed by atoms with Crippen LogP contribution in [0, 0.1) is 5.41 Å². The van der Waals surface area contributed by atoms with Gasteiger partial charge in [0.2, 0.25) is 5.78 Å². The van der Waals surface area contributed by atoms with Crippen LogP contribution in [-0.4, -0.2) is 17.4 Å². The van der Waals surface area contributed by atoms with Gasteiger partial charge in [-0.25, -0.2) is 0 Å². The highest BCUT2D eigenvalue weighted by Crippen LogP contribution is 1.75. The number of carbonyl (C=O) groups is 2. The first-order chi connectivity index (χ1) is 4.09. The highest BCUT2D eigenvalue weighted by Gasteiger charge is 2.09. The van der Waals surface area contributed by atoms with Crippen LogP contribution in [0.25, 0.3) is 0 Å². The monoisotopic (exact) mass is 126 g/mol. The Hall–Kier alpha value is -1.45. The number of hydrogen-bond donors (Lipinski definition) is 2. The molecule has 0 unspecified atom stereocenters. The highest BCUT2D eigenvalue weighted by molar-refractivity contribution is 6.66. The zero-order chi connectivity index (χ0) is 7.44. The second-order valence-electron chi connectivity index (χ2n) is 1.31. The van der Waals surface area contributed by atoms with Gasteiger partial charge in [0.25, 0.3) is 5.91 Å². The second kappa shape index (κ2) is 2.76. The highest BCUT2D eigenvalue weighted by atomic mass is 16.2. The average Bonchev–Trinajstić information content (AvgIpc) is 1.84. The molecule has 9 heavy (non-hydrogen) atoms. The number of allylic oxidation sites excluding steroid dienone is 1. The summed E-state index contributed by atoms with van der Waals surface area (Å²) in [4.78, 5) is 20.3.